The highest BCUT2D eigenvalue weighted by Gasteiger charge is 2.53. The van der Waals surface area contributed by atoms with Gasteiger partial charge in [0.05, 0.1) is 12.7 Å². The minimum atomic E-state index is -0.568. The van der Waals surface area contributed by atoms with Crippen molar-refractivity contribution >= 4 is 11.8 Å². The number of carbonyl (C=O) groups excluding carboxylic acids is 2. The number of hydrogen-bond acceptors (Lipinski definition) is 5. The third kappa shape index (κ3) is 5.49. The average molecular weight is 446 g/mol. The molecule has 178 valence electrons. The summed E-state index contributed by atoms with van der Waals surface area (Å²) in [5.41, 5.74) is 0.993. The first-order valence-electron chi connectivity index (χ1n) is 11.9. The fourth-order valence-corrected chi connectivity index (χ4v) is 6.02. The van der Waals surface area contributed by atoms with Crippen molar-refractivity contribution < 1.29 is 19.4 Å². The third-order valence-corrected chi connectivity index (χ3v) is 8.01. The van der Waals surface area contributed by atoms with Crippen molar-refractivity contribution in [2.45, 2.75) is 71.6 Å². The zero-order valence-electron chi connectivity index (χ0n) is 19.8. The number of aromatic nitrogens is 1. The van der Waals surface area contributed by atoms with Gasteiger partial charge in [0.25, 0.3) is 0 Å². The second-order valence-corrected chi connectivity index (χ2v) is 10.1. The van der Waals surface area contributed by atoms with E-state index in [0.717, 1.165) is 31.2 Å². The first kappa shape index (κ1) is 24.6. The lowest BCUT2D eigenvalue weighted by molar-refractivity contribution is -0.144. The van der Waals surface area contributed by atoms with E-state index in [1.54, 1.807) is 19.5 Å². The largest absolute Gasteiger partial charge is 0.392 e. The molecule has 0 spiro atoms. The van der Waals surface area contributed by atoms with Gasteiger partial charge >= 0.3 is 0 Å². The summed E-state index contributed by atoms with van der Waals surface area (Å²) >= 11 is 0. The normalized spacial score (nSPS) is 33.1. The quantitative estimate of drug-likeness (QED) is 0.571. The smallest absolute Gasteiger partial charge is 0.223 e. The van der Waals surface area contributed by atoms with Crippen LogP contribution in [-0.2, 0) is 20.9 Å². The van der Waals surface area contributed by atoms with Crippen LogP contribution in [0, 0.1) is 29.1 Å². The molecule has 0 aromatic carbocycles. The van der Waals surface area contributed by atoms with Crippen LogP contribution in [-0.4, -0.2) is 47.8 Å². The molecule has 7 heteroatoms. The van der Waals surface area contributed by atoms with Crippen LogP contribution in [0.5, 0.6) is 0 Å². The number of nitrogens with zero attached hydrogens (tertiary/aromatic N) is 1. The SMILES string of the molecule is COCCC(=O)NC1CCC2(C)CCC(C(C)C(=O)NCc3cccnc3)C(O)C2C1C. The van der Waals surface area contributed by atoms with Crippen LogP contribution in [0.15, 0.2) is 24.5 Å². The molecule has 7 nitrogen and oxygen atoms in total. The van der Waals surface area contributed by atoms with Gasteiger partial charge in [0.1, 0.15) is 0 Å². The molecule has 3 rings (SSSR count). The maximum atomic E-state index is 12.9. The molecule has 0 radical (unpaired) electrons. The highest BCUT2D eigenvalue weighted by Crippen LogP contribution is 2.55. The fourth-order valence-electron chi connectivity index (χ4n) is 6.02. The summed E-state index contributed by atoms with van der Waals surface area (Å²) in [4.78, 5) is 29.2. The maximum Gasteiger partial charge on any atom is 0.223 e. The Labute approximate surface area is 191 Å². The van der Waals surface area contributed by atoms with Crippen LogP contribution in [0.4, 0.5) is 0 Å². The Bertz CT molecular complexity index is 774. The summed E-state index contributed by atoms with van der Waals surface area (Å²) < 4.78 is 5.02. The summed E-state index contributed by atoms with van der Waals surface area (Å²) in [6, 6.07) is 3.83. The number of aliphatic hydroxyl groups excluding tert-OH is 1. The van der Waals surface area contributed by atoms with E-state index < -0.39 is 6.10 Å². The van der Waals surface area contributed by atoms with Crippen molar-refractivity contribution in [2.75, 3.05) is 13.7 Å². The topological polar surface area (TPSA) is 101 Å². The van der Waals surface area contributed by atoms with Gasteiger partial charge in [-0.15, -0.1) is 0 Å². The standard InChI is InChI=1S/C25H39N3O4/c1-16(24(31)27-15-18-6-5-12-26-14-18)19-7-10-25(3)11-8-20(17(2)22(25)23(19)30)28-21(29)9-13-32-4/h5-6,12,14,16-17,19-20,22-23,30H,7-11,13,15H2,1-4H3,(H,27,31)(H,28,29). The molecule has 0 saturated heterocycles. The molecular formula is C25H39N3O4. The van der Waals surface area contributed by atoms with E-state index in [9.17, 15) is 14.7 Å². The number of fused-ring (bicyclic) bond motifs is 1. The van der Waals surface area contributed by atoms with E-state index in [1.807, 2.05) is 19.1 Å². The van der Waals surface area contributed by atoms with Gasteiger partial charge in [0.2, 0.25) is 11.8 Å². The first-order chi connectivity index (χ1) is 15.3. The van der Waals surface area contributed by atoms with Gasteiger partial charge in [-0.05, 0) is 60.5 Å². The summed E-state index contributed by atoms with van der Waals surface area (Å²) in [6.07, 6.45) is 6.97. The number of nitrogens with one attached hydrogen (secondary N) is 2. The molecule has 1 heterocycles. The molecule has 2 saturated carbocycles. The molecule has 2 amide bonds. The number of carbonyl (C=O) groups is 2. The lowest BCUT2D eigenvalue weighted by atomic mass is 9.51. The van der Waals surface area contributed by atoms with Gasteiger partial charge in [-0.2, -0.15) is 0 Å². The Hall–Kier alpha value is -1.99. The van der Waals surface area contributed by atoms with E-state index >= 15 is 0 Å². The number of methoxy groups -OCH3 is 1. The second kappa shape index (κ2) is 10.8. The van der Waals surface area contributed by atoms with Gasteiger partial charge in [-0.25, -0.2) is 0 Å². The third-order valence-electron chi connectivity index (χ3n) is 8.01. The van der Waals surface area contributed by atoms with Crippen LogP contribution in [0.25, 0.3) is 0 Å². The van der Waals surface area contributed by atoms with Gasteiger partial charge in [0.15, 0.2) is 0 Å². The minimum Gasteiger partial charge on any atom is -0.392 e. The van der Waals surface area contributed by atoms with Crippen LogP contribution >= 0.6 is 0 Å². The highest BCUT2D eigenvalue weighted by molar-refractivity contribution is 5.78. The van der Waals surface area contributed by atoms with E-state index in [0.29, 0.717) is 19.6 Å². The predicted octanol–water partition coefficient (Wildman–Crippen LogP) is 2.68. The molecule has 2 aliphatic rings. The van der Waals surface area contributed by atoms with Gasteiger partial charge in [0, 0.05) is 44.4 Å². The van der Waals surface area contributed by atoms with E-state index in [1.165, 1.54) is 0 Å². The molecule has 1 aromatic rings. The molecule has 0 bridgehead atoms. The average Bonchev–Trinajstić information content (AvgIpc) is 2.78. The molecule has 32 heavy (non-hydrogen) atoms. The van der Waals surface area contributed by atoms with Crippen LogP contribution < -0.4 is 10.6 Å². The molecule has 2 fully saturated rings. The van der Waals surface area contributed by atoms with Crippen LogP contribution in [0.2, 0.25) is 0 Å². The molecule has 7 atom stereocenters. The van der Waals surface area contributed by atoms with Crippen molar-refractivity contribution in [1.82, 2.24) is 15.6 Å². The van der Waals surface area contributed by atoms with Crippen LogP contribution in [0.1, 0.15) is 58.4 Å². The molecule has 2 aliphatic carbocycles. The summed E-state index contributed by atoms with van der Waals surface area (Å²) in [6.45, 7) is 7.18. The molecule has 7 unspecified atom stereocenters. The van der Waals surface area contributed by atoms with Crippen molar-refractivity contribution in [3.63, 3.8) is 0 Å². The second-order valence-electron chi connectivity index (χ2n) is 10.1. The van der Waals surface area contributed by atoms with E-state index in [4.69, 9.17) is 4.74 Å². The van der Waals surface area contributed by atoms with E-state index in [2.05, 4.69) is 29.5 Å². The minimum absolute atomic E-state index is 0.00250. The number of pyridine rings is 1. The van der Waals surface area contributed by atoms with Crippen molar-refractivity contribution in [3.05, 3.63) is 30.1 Å². The zero-order chi connectivity index (χ0) is 23.3. The van der Waals surface area contributed by atoms with Crippen LogP contribution in [0.3, 0.4) is 0 Å². The highest BCUT2D eigenvalue weighted by atomic mass is 16.5. The lowest BCUT2D eigenvalue weighted by Gasteiger charge is -2.56. The number of ether oxygens (including phenoxy) is 1. The predicted molar refractivity (Wildman–Crippen MR) is 122 cm³/mol. The summed E-state index contributed by atoms with van der Waals surface area (Å²) in [5, 5.41) is 17.6. The Kier molecular flexibility index (Phi) is 8.28. The van der Waals surface area contributed by atoms with E-state index in [-0.39, 0.29) is 46.9 Å². The Balaban J connectivity index is 1.64. The zero-order valence-corrected chi connectivity index (χ0v) is 19.8. The van der Waals surface area contributed by atoms with Gasteiger partial charge in [-0.3, -0.25) is 14.6 Å². The number of hydrogen-bond donors (Lipinski definition) is 3. The molecule has 0 aliphatic heterocycles. The Morgan fingerprint density at radius 2 is 2.09 bits per heavy atom. The Morgan fingerprint density at radius 3 is 2.78 bits per heavy atom. The number of rotatable bonds is 8. The van der Waals surface area contributed by atoms with Gasteiger partial charge < -0.3 is 20.5 Å². The first-order valence-corrected chi connectivity index (χ1v) is 11.9. The summed E-state index contributed by atoms with van der Waals surface area (Å²) in [7, 11) is 1.59. The summed E-state index contributed by atoms with van der Waals surface area (Å²) in [5.74, 6) is -0.214. The number of aliphatic hydroxyl groups is 1. The lowest BCUT2D eigenvalue weighted by Crippen LogP contribution is -2.58. The van der Waals surface area contributed by atoms with Crippen molar-refractivity contribution in [2.24, 2.45) is 29.1 Å². The fraction of sp³-hybridized carbons (Fsp3) is 0.720. The monoisotopic (exact) mass is 445 g/mol. The van der Waals surface area contributed by atoms with Gasteiger partial charge in [-0.1, -0.05) is 26.8 Å². The van der Waals surface area contributed by atoms with Crippen molar-refractivity contribution in [1.29, 1.82) is 0 Å². The number of amides is 2. The Morgan fingerprint density at radius 1 is 1.34 bits per heavy atom. The molecular weight excluding hydrogens is 406 g/mol. The van der Waals surface area contributed by atoms with Crippen molar-refractivity contribution in [3.8, 4) is 0 Å². The molecule has 1 aromatic heterocycles. The maximum absolute atomic E-state index is 12.9. The molecule has 3 N–H and O–H groups in total.